The molecule has 0 aliphatic carbocycles. The third-order valence-corrected chi connectivity index (χ3v) is 4.12. The third-order valence-electron chi connectivity index (χ3n) is 4.12. The van der Waals surface area contributed by atoms with Gasteiger partial charge in [0, 0.05) is 24.5 Å². The molecular formula is C30H28F4O4Ti. The monoisotopic (exact) mass is 576 g/mol. The molecule has 0 unspecified atom stereocenters. The number of halogens is 4. The number of carbonyl (C=O) groups is 2. The molecule has 4 aromatic rings. The van der Waals surface area contributed by atoms with E-state index in [1.165, 1.54) is 0 Å². The van der Waals surface area contributed by atoms with Gasteiger partial charge in [0.15, 0.2) is 0 Å². The Labute approximate surface area is 241 Å². The Hall–Kier alpha value is -3.49. The van der Waals surface area contributed by atoms with Gasteiger partial charge in [-0.25, -0.2) is 41.8 Å². The van der Waals surface area contributed by atoms with Gasteiger partial charge in [0.2, 0.25) is 0 Å². The average Bonchev–Trinajstić information content (AvgIpc) is 3.63. The van der Waals surface area contributed by atoms with Gasteiger partial charge in [0.25, 0.3) is 11.9 Å². The Bertz CT molecular complexity index is 1050. The zero-order valence-corrected chi connectivity index (χ0v) is 23.1. The summed E-state index contributed by atoms with van der Waals surface area (Å²) in [5.41, 5.74) is 0. The molecule has 204 valence electrons. The van der Waals surface area contributed by atoms with Crippen LogP contribution < -0.4 is 9.47 Å². The molecular weight excluding hydrogens is 548 g/mol. The Balaban J connectivity index is 0.000000537. The van der Waals surface area contributed by atoms with E-state index in [0.29, 0.717) is 12.8 Å². The molecule has 0 aliphatic heterocycles. The van der Waals surface area contributed by atoms with Crippen molar-refractivity contribution < 1.29 is 58.3 Å². The quantitative estimate of drug-likeness (QED) is 0.0775. The van der Waals surface area contributed by atoms with Gasteiger partial charge in [-0.1, -0.05) is 13.8 Å². The van der Waals surface area contributed by atoms with Crippen molar-refractivity contribution in [3.05, 3.63) is 120 Å². The molecule has 0 saturated carbocycles. The van der Waals surface area contributed by atoms with Gasteiger partial charge >= 0.3 is 21.7 Å². The van der Waals surface area contributed by atoms with Crippen molar-refractivity contribution in [3.63, 3.8) is 0 Å². The number of hydrogen-bond acceptors (Lipinski definition) is 4. The molecule has 0 heterocycles. The summed E-state index contributed by atoms with van der Waals surface area (Å²) in [5, 5.41) is 0. The van der Waals surface area contributed by atoms with Crippen LogP contribution in [-0.2, 0) is 31.3 Å². The van der Waals surface area contributed by atoms with Crippen LogP contribution in [0.25, 0.3) is 0 Å². The SMILES string of the molecule is CCCC(=O)Oc1ccc(F)[c-]c1F.CCCC(=O)Oc1ccc(F)[c-]c1F.[Ti+4].c1cc[cH-]c1.c1cc[cH-]c1. The molecule has 0 amide bonds. The second-order valence-corrected chi connectivity index (χ2v) is 7.34. The Morgan fingerprint density at radius 2 is 1.00 bits per heavy atom. The Kier molecular flexibility index (Phi) is 19.5. The first kappa shape index (κ1) is 35.5. The zero-order chi connectivity index (χ0) is 28.2. The molecule has 0 spiro atoms. The van der Waals surface area contributed by atoms with Crippen molar-refractivity contribution in [2.24, 2.45) is 0 Å². The van der Waals surface area contributed by atoms with E-state index < -0.39 is 35.2 Å². The average molecular weight is 576 g/mol. The van der Waals surface area contributed by atoms with Crippen LogP contribution in [0.1, 0.15) is 39.5 Å². The van der Waals surface area contributed by atoms with E-state index in [4.69, 9.17) is 0 Å². The molecule has 0 fully saturated rings. The van der Waals surface area contributed by atoms with Crippen molar-refractivity contribution in [3.8, 4) is 11.5 Å². The molecule has 9 heteroatoms. The fourth-order valence-corrected chi connectivity index (χ4v) is 2.41. The number of esters is 2. The molecule has 0 saturated heterocycles. The second-order valence-electron chi connectivity index (χ2n) is 7.34. The second kappa shape index (κ2) is 21.4. The molecule has 0 atom stereocenters. The van der Waals surface area contributed by atoms with E-state index >= 15 is 0 Å². The molecule has 4 nitrogen and oxygen atoms in total. The summed E-state index contributed by atoms with van der Waals surface area (Å²) in [5.74, 6) is -5.27. The van der Waals surface area contributed by atoms with E-state index in [0.717, 1.165) is 24.3 Å². The van der Waals surface area contributed by atoms with Crippen molar-refractivity contribution in [2.45, 2.75) is 39.5 Å². The van der Waals surface area contributed by atoms with Crippen molar-refractivity contribution in [1.82, 2.24) is 0 Å². The zero-order valence-electron chi connectivity index (χ0n) is 21.6. The van der Waals surface area contributed by atoms with Crippen molar-refractivity contribution in [1.29, 1.82) is 0 Å². The molecule has 0 radical (unpaired) electrons. The van der Waals surface area contributed by atoms with Gasteiger partial charge < -0.3 is 9.47 Å². The van der Waals surface area contributed by atoms with Gasteiger partial charge in [-0.2, -0.15) is 36.4 Å². The summed E-state index contributed by atoms with van der Waals surface area (Å²) in [6.45, 7) is 3.60. The number of hydrogen-bond donors (Lipinski definition) is 0. The van der Waals surface area contributed by atoms with Gasteiger partial charge in [0.05, 0.1) is 23.1 Å². The van der Waals surface area contributed by atoms with Crippen LogP contribution in [0.3, 0.4) is 0 Å². The molecule has 0 bridgehead atoms. The van der Waals surface area contributed by atoms with Crippen LogP contribution in [0, 0.1) is 35.4 Å². The van der Waals surface area contributed by atoms with Crippen LogP contribution in [0.4, 0.5) is 17.6 Å². The van der Waals surface area contributed by atoms with Crippen LogP contribution in [-0.4, -0.2) is 11.9 Å². The van der Waals surface area contributed by atoms with E-state index in [1.54, 1.807) is 26.0 Å². The van der Waals surface area contributed by atoms with Crippen molar-refractivity contribution >= 4 is 11.9 Å². The summed E-state index contributed by atoms with van der Waals surface area (Å²) >= 11 is 0. The van der Waals surface area contributed by atoms with Gasteiger partial charge in [-0.05, 0) is 12.8 Å². The van der Waals surface area contributed by atoms with Crippen LogP contribution >= 0.6 is 0 Å². The fourth-order valence-electron chi connectivity index (χ4n) is 2.41. The minimum absolute atomic E-state index is 0. The van der Waals surface area contributed by atoms with E-state index in [1.807, 2.05) is 60.7 Å². The number of rotatable bonds is 6. The van der Waals surface area contributed by atoms with Crippen molar-refractivity contribution in [2.75, 3.05) is 0 Å². The van der Waals surface area contributed by atoms with E-state index in [9.17, 15) is 27.2 Å². The fraction of sp³-hybridized carbons (Fsp3) is 0.200. The number of ether oxygens (including phenoxy) is 2. The first-order valence-corrected chi connectivity index (χ1v) is 11.8. The van der Waals surface area contributed by atoms with Crippen LogP contribution in [0.2, 0.25) is 0 Å². The Morgan fingerprint density at radius 1 is 0.667 bits per heavy atom. The van der Waals surface area contributed by atoms with Crippen LogP contribution in [0.15, 0.2) is 84.9 Å². The first-order valence-electron chi connectivity index (χ1n) is 11.8. The maximum Gasteiger partial charge on any atom is 4.00 e. The minimum atomic E-state index is -0.991. The molecule has 4 rings (SSSR count). The maximum absolute atomic E-state index is 12.9. The largest absolute Gasteiger partial charge is 4.00 e. The summed E-state index contributed by atoms with van der Waals surface area (Å²) in [6.07, 6.45) is 1.64. The van der Waals surface area contributed by atoms with E-state index in [2.05, 4.69) is 9.47 Å². The standard InChI is InChI=1S/2C10H9F2O2.2C5H5.Ti/c2*1-2-3-10(13)14-9-5-4-7(11)6-8(9)12;2*1-2-4-5-3-1;/h2*4-5H,2-3H2,1H3;2*1-5H;/q4*-1;+4. The number of benzene rings is 2. The summed E-state index contributed by atoms with van der Waals surface area (Å²) in [7, 11) is 0. The maximum atomic E-state index is 12.9. The summed E-state index contributed by atoms with van der Waals surface area (Å²) in [6, 6.07) is 27.6. The smallest absolute Gasteiger partial charge is 0.488 e. The molecule has 0 aromatic heterocycles. The van der Waals surface area contributed by atoms with Crippen LogP contribution in [0.5, 0.6) is 11.5 Å². The molecule has 0 N–H and O–H groups in total. The number of carbonyl (C=O) groups excluding carboxylic acids is 2. The van der Waals surface area contributed by atoms with Gasteiger partial charge in [-0.15, -0.1) is 36.4 Å². The third kappa shape index (κ3) is 16.9. The molecule has 0 aliphatic rings. The van der Waals surface area contributed by atoms with Gasteiger partial charge in [0.1, 0.15) is 0 Å². The van der Waals surface area contributed by atoms with E-state index in [-0.39, 0.29) is 46.1 Å². The Morgan fingerprint density at radius 3 is 1.23 bits per heavy atom. The predicted molar refractivity (Wildman–Crippen MR) is 136 cm³/mol. The molecule has 39 heavy (non-hydrogen) atoms. The normalized spacial score (nSPS) is 9.18. The first-order chi connectivity index (χ1) is 18.3. The minimum Gasteiger partial charge on any atom is -0.488 e. The predicted octanol–water partition coefficient (Wildman–Crippen LogP) is 7.75. The summed E-state index contributed by atoms with van der Waals surface area (Å²) in [4.78, 5) is 21.9. The topological polar surface area (TPSA) is 52.6 Å². The van der Waals surface area contributed by atoms with Gasteiger partial charge in [-0.3, -0.25) is 9.59 Å². The summed E-state index contributed by atoms with van der Waals surface area (Å²) < 4.78 is 59.8. The molecule has 4 aromatic carbocycles.